The quantitative estimate of drug-likeness (QED) is 0.431. The highest BCUT2D eigenvalue weighted by atomic mass is 32.1. The van der Waals surface area contributed by atoms with Gasteiger partial charge in [-0.2, -0.15) is 0 Å². The normalized spacial score (nSPS) is 24.8. The lowest BCUT2D eigenvalue weighted by atomic mass is 9.96. The Balaban J connectivity index is 1.33. The molecule has 1 aliphatic carbocycles. The van der Waals surface area contributed by atoms with Crippen molar-refractivity contribution in [3.05, 3.63) is 64.2 Å². The molecule has 0 saturated heterocycles. The van der Waals surface area contributed by atoms with E-state index in [1.807, 2.05) is 46.8 Å². The van der Waals surface area contributed by atoms with Crippen LogP contribution in [0.1, 0.15) is 29.2 Å². The van der Waals surface area contributed by atoms with Gasteiger partial charge in [0.2, 0.25) is 0 Å². The summed E-state index contributed by atoms with van der Waals surface area (Å²) in [5, 5.41) is 28.4. The molecule has 0 bridgehead atoms. The Labute approximate surface area is 195 Å². The van der Waals surface area contributed by atoms with Crippen LogP contribution in [0.2, 0.25) is 0 Å². The van der Waals surface area contributed by atoms with E-state index in [4.69, 9.17) is 4.74 Å². The molecule has 1 aromatic carbocycles. The first-order valence-corrected chi connectivity index (χ1v) is 12.2. The molecule has 6 rings (SSSR count). The van der Waals surface area contributed by atoms with Crippen LogP contribution < -0.4 is 10.1 Å². The topological polar surface area (TPSA) is 92.4 Å². The zero-order valence-electron chi connectivity index (χ0n) is 18.3. The highest BCUT2D eigenvalue weighted by Gasteiger charge is 2.44. The number of hydrogen-bond acceptors (Lipinski definition) is 7. The number of nitrogens with zero attached hydrogens (tertiary/aromatic N) is 3. The summed E-state index contributed by atoms with van der Waals surface area (Å²) in [4.78, 5) is 8.99. The van der Waals surface area contributed by atoms with Crippen LogP contribution in [0.25, 0.3) is 22.3 Å². The van der Waals surface area contributed by atoms with Gasteiger partial charge in [0.1, 0.15) is 29.7 Å². The molecule has 0 radical (unpaired) electrons. The van der Waals surface area contributed by atoms with Gasteiger partial charge in [0.15, 0.2) is 0 Å². The Hall–Kier alpha value is -2.78. The summed E-state index contributed by atoms with van der Waals surface area (Å²) in [6, 6.07) is 7.90. The smallest absolute Gasteiger partial charge is 0.140 e. The van der Waals surface area contributed by atoms with Crippen molar-refractivity contribution < 1.29 is 14.9 Å². The Kier molecular flexibility index (Phi) is 5.18. The van der Waals surface area contributed by atoms with Crippen molar-refractivity contribution in [1.29, 1.82) is 0 Å². The molecule has 4 unspecified atom stereocenters. The van der Waals surface area contributed by atoms with Crippen LogP contribution >= 0.6 is 11.3 Å². The molecule has 3 N–H and O–H groups in total. The molecule has 1 saturated carbocycles. The summed E-state index contributed by atoms with van der Waals surface area (Å²) >= 11 is 1.57. The lowest BCUT2D eigenvalue weighted by Gasteiger charge is -2.25. The average Bonchev–Trinajstić information content (AvgIpc) is 3.56. The molecule has 4 atom stereocenters. The van der Waals surface area contributed by atoms with Gasteiger partial charge in [0.25, 0.3) is 0 Å². The van der Waals surface area contributed by atoms with Gasteiger partial charge in [-0.05, 0) is 55.3 Å². The standard InChI is InChI=1S/C25H26N4O3S/c1-14-2-6-27-25-17(14)4-7-29(25)20-10-22(24(31)23(20)30)32-21-9-16(19-12-33-13-28-19)8-15-3-5-26-11-18(15)21/h2,4,6-9,12-13,20,22-24,26,30-31H,3,5,10-11H2,1H3. The van der Waals surface area contributed by atoms with Crippen LogP contribution in [0.5, 0.6) is 5.75 Å². The zero-order valence-corrected chi connectivity index (χ0v) is 19.1. The first-order chi connectivity index (χ1) is 16.1. The van der Waals surface area contributed by atoms with Crippen molar-refractivity contribution in [1.82, 2.24) is 19.9 Å². The predicted octanol–water partition coefficient (Wildman–Crippen LogP) is 3.23. The number of ether oxygens (including phenoxy) is 1. The molecule has 1 fully saturated rings. The fourth-order valence-electron chi connectivity index (χ4n) is 5.15. The van der Waals surface area contributed by atoms with Gasteiger partial charge in [-0.15, -0.1) is 11.3 Å². The summed E-state index contributed by atoms with van der Waals surface area (Å²) in [6.07, 6.45) is 2.68. The lowest BCUT2D eigenvalue weighted by Crippen LogP contribution is -2.34. The fraction of sp³-hybridized carbons (Fsp3) is 0.360. The average molecular weight is 463 g/mol. The van der Waals surface area contributed by atoms with E-state index in [0.717, 1.165) is 58.7 Å². The highest BCUT2D eigenvalue weighted by Crippen LogP contribution is 2.39. The number of pyridine rings is 1. The molecular weight excluding hydrogens is 436 g/mol. The van der Waals surface area contributed by atoms with Crippen molar-refractivity contribution in [2.75, 3.05) is 6.54 Å². The van der Waals surface area contributed by atoms with Crippen LogP contribution in [-0.4, -0.2) is 49.6 Å². The van der Waals surface area contributed by atoms with Gasteiger partial charge >= 0.3 is 0 Å². The third kappa shape index (κ3) is 3.54. The molecule has 0 amide bonds. The number of aryl methyl sites for hydroxylation is 1. The van der Waals surface area contributed by atoms with Crippen molar-refractivity contribution in [3.63, 3.8) is 0 Å². The van der Waals surface area contributed by atoms with Crippen molar-refractivity contribution >= 4 is 22.4 Å². The second kappa shape index (κ2) is 8.22. The number of aliphatic hydroxyl groups excluding tert-OH is 2. The number of hydrogen-bond donors (Lipinski definition) is 3. The molecular formula is C25H26N4O3S. The third-order valence-corrected chi connectivity index (χ3v) is 7.56. The zero-order chi connectivity index (χ0) is 22.5. The fourth-order valence-corrected chi connectivity index (χ4v) is 5.72. The number of thiazole rings is 1. The van der Waals surface area contributed by atoms with E-state index in [-0.39, 0.29) is 6.04 Å². The Bertz CT molecular complexity index is 1300. The summed E-state index contributed by atoms with van der Waals surface area (Å²) in [5.41, 5.74) is 8.10. The first-order valence-electron chi connectivity index (χ1n) is 11.3. The van der Waals surface area contributed by atoms with E-state index in [9.17, 15) is 10.2 Å². The van der Waals surface area contributed by atoms with Gasteiger partial charge in [-0.25, -0.2) is 9.97 Å². The number of aliphatic hydroxyl groups is 2. The number of fused-ring (bicyclic) bond motifs is 2. The van der Waals surface area contributed by atoms with Crippen LogP contribution in [-0.2, 0) is 13.0 Å². The predicted molar refractivity (Wildman–Crippen MR) is 128 cm³/mol. The molecule has 3 aromatic heterocycles. The van der Waals surface area contributed by atoms with Crippen molar-refractivity contribution in [3.8, 4) is 17.0 Å². The monoisotopic (exact) mass is 462 g/mol. The molecule has 170 valence electrons. The van der Waals surface area contributed by atoms with E-state index in [1.165, 1.54) is 5.56 Å². The Morgan fingerprint density at radius 3 is 2.94 bits per heavy atom. The summed E-state index contributed by atoms with van der Waals surface area (Å²) in [6.45, 7) is 3.70. The molecule has 7 nitrogen and oxygen atoms in total. The van der Waals surface area contributed by atoms with Crippen LogP contribution in [0.4, 0.5) is 0 Å². The second-order valence-electron chi connectivity index (χ2n) is 8.94. The minimum Gasteiger partial charge on any atom is -0.487 e. The van der Waals surface area contributed by atoms with Crippen molar-refractivity contribution in [2.24, 2.45) is 0 Å². The van der Waals surface area contributed by atoms with Crippen LogP contribution in [0.15, 0.2) is 47.5 Å². The van der Waals surface area contributed by atoms with Gasteiger partial charge in [-0.3, -0.25) is 0 Å². The summed E-state index contributed by atoms with van der Waals surface area (Å²) in [7, 11) is 0. The largest absolute Gasteiger partial charge is 0.487 e. The van der Waals surface area contributed by atoms with Crippen LogP contribution in [0.3, 0.4) is 0 Å². The van der Waals surface area contributed by atoms with E-state index in [1.54, 1.807) is 17.5 Å². The molecule has 1 aliphatic heterocycles. The second-order valence-corrected chi connectivity index (χ2v) is 9.66. The van der Waals surface area contributed by atoms with Gasteiger partial charge in [0, 0.05) is 47.3 Å². The molecule has 8 heteroatoms. The molecule has 4 aromatic rings. The van der Waals surface area contributed by atoms with Crippen LogP contribution in [0, 0.1) is 6.92 Å². The number of aromatic nitrogens is 3. The molecule has 0 spiro atoms. The third-order valence-electron chi connectivity index (χ3n) is 6.97. The van der Waals surface area contributed by atoms with Crippen molar-refractivity contribution in [2.45, 2.75) is 50.7 Å². The SMILES string of the molecule is Cc1ccnc2c1ccn2C1CC(Oc2cc(-c3cscn3)cc3c2CNCC3)C(O)C1O. The van der Waals surface area contributed by atoms with E-state index in [2.05, 4.69) is 21.4 Å². The maximum atomic E-state index is 11.0. The number of nitrogens with one attached hydrogen (secondary N) is 1. The summed E-state index contributed by atoms with van der Waals surface area (Å²) in [5.74, 6) is 0.755. The minimum absolute atomic E-state index is 0.313. The molecule has 4 heterocycles. The highest BCUT2D eigenvalue weighted by molar-refractivity contribution is 7.07. The van der Waals surface area contributed by atoms with E-state index < -0.39 is 18.3 Å². The molecule has 2 aliphatic rings. The van der Waals surface area contributed by atoms with Gasteiger partial charge < -0.3 is 24.8 Å². The lowest BCUT2D eigenvalue weighted by molar-refractivity contribution is -0.0166. The number of benzene rings is 1. The van der Waals surface area contributed by atoms with E-state index >= 15 is 0 Å². The first kappa shape index (κ1) is 20.8. The summed E-state index contributed by atoms with van der Waals surface area (Å²) < 4.78 is 8.43. The number of rotatable bonds is 4. The Morgan fingerprint density at radius 1 is 1.18 bits per heavy atom. The Morgan fingerprint density at radius 2 is 2.09 bits per heavy atom. The van der Waals surface area contributed by atoms with E-state index in [0.29, 0.717) is 6.42 Å². The molecule has 33 heavy (non-hydrogen) atoms. The van der Waals surface area contributed by atoms with Gasteiger partial charge in [-0.1, -0.05) is 0 Å². The minimum atomic E-state index is -0.993. The van der Waals surface area contributed by atoms with Gasteiger partial charge in [0.05, 0.1) is 17.2 Å². The maximum absolute atomic E-state index is 11.0. The maximum Gasteiger partial charge on any atom is 0.140 e.